The van der Waals surface area contributed by atoms with Crippen molar-refractivity contribution in [1.82, 2.24) is 19.9 Å². The fourth-order valence-corrected chi connectivity index (χ4v) is 4.80. The second-order valence-corrected chi connectivity index (χ2v) is 9.00. The van der Waals surface area contributed by atoms with E-state index in [0.29, 0.717) is 5.69 Å². The SMILES string of the molecule is C#Cc1ccc(CC2CCCCN2C(=O)n2cc(-c3ccc(-c4ccccc4OC)cc3)nn2)cc1. The molecule has 1 aliphatic heterocycles. The van der Waals surface area contributed by atoms with Gasteiger partial charge in [-0.15, -0.1) is 11.5 Å². The van der Waals surface area contributed by atoms with Crippen LogP contribution in [-0.4, -0.2) is 45.6 Å². The summed E-state index contributed by atoms with van der Waals surface area (Å²) in [5.41, 5.74) is 5.67. The van der Waals surface area contributed by atoms with Crippen LogP contribution in [0.3, 0.4) is 0 Å². The van der Waals surface area contributed by atoms with Gasteiger partial charge in [-0.2, -0.15) is 4.68 Å². The Morgan fingerprint density at radius 1 is 1.03 bits per heavy atom. The number of aromatic nitrogens is 3. The highest BCUT2D eigenvalue weighted by Crippen LogP contribution is 2.31. The molecule has 0 radical (unpaired) electrons. The minimum Gasteiger partial charge on any atom is -0.496 e. The number of terminal acetylenes is 1. The monoisotopic (exact) mass is 476 g/mol. The summed E-state index contributed by atoms with van der Waals surface area (Å²) in [6.07, 6.45) is 11.1. The summed E-state index contributed by atoms with van der Waals surface area (Å²) < 4.78 is 6.85. The molecule has 5 rings (SSSR count). The molecule has 1 aliphatic rings. The Bertz CT molecular complexity index is 1380. The van der Waals surface area contributed by atoms with Crippen LogP contribution in [0.2, 0.25) is 0 Å². The summed E-state index contributed by atoms with van der Waals surface area (Å²) in [7, 11) is 1.67. The van der Waals surface area contributed by atoms with Gasteiger partial charge in [0.05, 0.1) is 13.3 Å². The van der Waals surface area contributed by atoms with Crippen molar-refractivity contribution in [2.75, 3.05) is 13.7 Å². The first-order valence-electron chi connectivity index (χ1n) is 12.2. The van der Waals surface area contributed by atoms with E-state index in [1.165, 1.54) is 10.2 Å². The molecule has 0 saturated carbocycles. The Balaban J connectivity index is 1.32. The smallest absolute Gasteiger partial charge is 0.346 e. The number of piperidine rings is 1. The van der Waals surface area contributed by atoms with Crippen molar-refractivity contribution >= 4 is 6.03 Å². The van der Waals surface area contributed by atoms with Crippen molar-refractivity contribution in [2.45, 2.75) is 31.7 Å². The quantitative estimate of drug-likeness (QED) is 0.348. The van der Waals surface area contributed by atoms with Crippen LogP contribution in [0.5, 0.6) is 5.75 Å². The molecule has 1 atom stereocenters. The van der Waals surface area contributed by atoms with E-state index in [4.69, 9.17) is 11.2 Å². The number of benzene rings is 3. The number of nitrogens with zero attached hydrogens (tertiary/aromatic N) is 4. The predicted octanol–water partition coefficient (Wildman–Crippen LogP) is 5.67. The van der Waals surface area contributed by atoms with Gasteiger partial charge in [0.25, 0.3) is 0 Å². The molecule has 1 unspecified atom stereocenters. The van der Waals surface area contributed by atoms with Crippen molar-refractivity contribution < 1.29 is 9.53 Å². The van der Waals surface area contributed by atoms with Gasteiger partial charge in [-0.25, -0.2) is 4.79 Å². The summed E-state index contributed by atoms with van der Waals surface area (Å²) in [6, 6.07) is 23.9. The Labute approximate surface area is 211 Å². The van der Waals surface area contributed by atoms with Gasteiger partial charge < -0.3 is 9.64 Å². The van der Waals surface area contributed by atoms with Crippen LogP contribution in [0.15, 0.2) is 79.0 Å². The third-order valence-electron chi connectivity index (χ3n) is 6.75. The maximum absolute atomic E-state index is 13.4. The van der Waals surface area contributed by atoms with Crippen LogP contribution in [0.25, 0.3) is 22.4 Å². The van der Waals surface area contributed by atoms with Gasteiger partial charge in [-0.3, -0.25) is 0 Å². The van der Waals surface area contributed by atoms with Gasteiger partial charge in [0, 0.05) is 29.3 Å². The van der Waals surface area contributed by atoms with Crippen LogP contribution >= 0.6 is 0 Å². The molecule has 0 N–H and O–H groups in total. The lowest BCUT2D eigenvalue weighted by molar-refractivity contribution is 0.149. The molecule has 6 nitrogen and oxygen atoms in total. The number of likely N-dealkylation sites (tertiary alicyclic amines) is 1. The number of rotatable bonds is 5. The third kappa shape index (κ3) is 4.87. The Kier molecular flexibility index (Phi) is 6.81. The topological polar surface area (TPSA) is 60.2 Å². The molecule has 6 heteroatoms. The molecular weight excluding hydrogens is 448 g/mol. The largest absolute Gasteiger partial charge is 0.496 e. The molecule has 36 heavy (non-hydrogen) atoms. The van der Waals surface area contributed by atoms with Crippen LogP contribution in [0.1, 0.15) is 30.4 Å². The summed E-state index contributed by atoms with van der Waals surface area (Å²) in [6.45, 7) is 0.717. The van der Waals surface area contributed by atoms with E-state index in [1.807, 2.05) is 65.6 Å². The first-order valence-corrected chi connectivity index (χ1v) is 12.2. The molecule has 0 aliphatic carbocycles. The van der Waals surface area contributed by atoms with Gasteiger partial charge >= 0.3 is 6.03 Å². The van der Waals surface area contributed by atoms with E-state index in [9.17, 15) is 4.79 Å². The number of ether oxygens (including phenoxy) is 1. The summed E-state index contributed by atoms with van der Waals surface area (Å²) in [4.78, 5) is 15.3. The molecule has 3 aromatic carbocycles. The number of amides is 1. The molecular formula is C30H28N4O2. The number of hydrogen-bond acceptors (Lipinski definition) is 4. The lowest BCUT2D eigenvalue weighted by Crippen LogP contribution is -2.46. The van der Waals surface area contributed by atoms with Crippen molar-refractivity contribution in [1.29, 1.82) is 0 Å². The highest BCUT2D eigenvalue weighted by atomic mass is 16.5. The lowest BCUT2D eigenvalue weighted by atomic mass is 9.95. The summed E-state index contributed by atoms with van der Waals surface area (Å²) in [5, 5.41) is 8.46. The van der Waals surface area contributed by atoms with Gasteiger partial charge in [0.2, 0.25) is 0 Å². The first kappa shape index (κ1) is 23.4. The second-order valence-electron chi connectivity index (χ2n) is 9.00. The second kappa shape index (κ2) is 10.5. The van der Waals surface area contributed by atoms with E-state index in [-0.39, 0.29) is 12.1 Å². The highest BCUT2D eigenvalue weighted by Gasteiger charge is 2.28. The number of carbonyl (C=O) groups excluding carboxylic acids is 1. The standard InChI is InChI=1S/C30H28N4O2/c1-3-22-11-13-23(14-12-22)20-26-8-6-7-19-33(26)30(35)34-21-28(31-32-34)25-17-15-24(16-18-25)27-9-4-5-10-29(27)36-2/h1,4-5,9-18,21,26H,6-8,19-20H2,2H3. The van der Waals surface area contributed by atoms with Crippen molar-refractivity contribution in [2.24, 2.45) is 0 Å². The third-order valence-corrected chi connectivity index (χ3v) is 6.75. The number of para-hydroxylation sites is 1. The number of hydrogen-bond donors (Lipinski definition) is 0. The van der Waals surface area contributed by atoms with Crippen LogP contribution in [0, 0.1) is 12.3 Å². The van der Waals surface area contributed by atoms with E-state index in [2.05, 4.69) is 28.4 Å². The highest BCUT2D eigenvalue weighted by molar-refractivity contribution is 5.78. The van der Waals surface area contributed by atoms with E-state index in [1.54, 1.807) is 13.3 Å². The molecule has 0 spiro atoms. The number of carbonyl (C=O) groups is 1. The Morgan fingerprint density at radius 3 is 2.53 bits per heavy atom. The van der Waals surface area contributed by atoms with Gasteiger partial charge in [0.15, 0.2) is 0 Å². The average molecular weight is 477 g/mol. The molecule has 2 heterocycles. The van der Waals surface area contributed by atoms with Crippen molar-refractivity contribution in [3.63, 3.8) is 0 Å². The molecule has 0 bridgehead atoms. The maximum Gasteiger partial charge on any atom is 0.346 e. The average Bonchev–Trinajstić information content (AvgIpc) is 3.44. The Hall–Kier alpha value is -4.37. The molecule has 4 aromatic rings. The zero-order valence-corrected chi connectivity index (χ0v) is 20.3. The lowest BCUT2D eigenvalue weighted by Gasteiger charge is -2.35. The summed E-state index contributed by atoms with van der Waals surface area (Å²) >= 11 is 0. The van der Waals surface area contributed by atoms with E-state index >= 15 is 0 Å². The van der Waals surface area contributed by atoms with Crippen LogP contribution in [-0.2, 0) is 6.42 Å². The normalized spacial score (nSPS) is 15.3. The van der Waals surface area contributed by atoms with Crippen LogP contribution < -0.4 is 4.74 Å². The fourth-order valence-electron chi connectivity index (χ4n) is 4.80. The predicted molar refractivity (Wildman–Crippen MR) is 141 cm³/mol. The van der Waals surface area contributed by atoms with Crippen molar-refractivity contribution in [3.8, 4) is 40.5 Å². The van der Waals surface area contributed by atoms with Gasteiger partial charge in [-0.1, -0.05) is 65.7 Å². The first-order chi connectivity index (χ1) is 17.7. The zero-order chi connectivity index (χ0) is 24.9. The molecule has 1 amide bonds. The van der Waals surface area contributed by atoms with Gasteiger partial charge in [0.1, 0.15) is 11.4 Å². The van der Waals surface area contributed by atoms with Crippen molar-refractivity contribution in [3.05, 3.63) is 90.1 Å². The number of methoxy groups -OCH3 is 1. The zero-order valence-electron chi connectivity index (χ0n) is 20.3. The van der Waals surface area contributed by atoms with Gasteiger partial charge in [-0.05, 0) is 55.0 Å². The van der Waals surface area contributed by atoms with Crippen LogP contribution in [0.4, 0.5) is 4.79 Å². The van der Waals surface area contributed by atoms with E-state index in [0.717, 1.165) is 60.2 Å². The maximum atomic E-state index is 13.4. The molecule has 1 saturated heterocycles. The van der Waals surface area contributed by atoms with E-state index < -0.39 is 0 Å². The molecule has 1 fully saturated rings. The minimum absolute atomic E-state index is 0.121. The minimum atomic E-state index is -0.135. The molecule has 180 valence electrons. The molecule has 1 aromatic heterocycles. The fraction of sp³-hybridized carbons (Fsp3) is 0.233. The summed E-state index contributed by atoms with van der Waals surface area (Å²) in [5.74, 6) is 3.47. The Morgan fingerprint density at radius 2 is 1.78 bits per heavy atom.